The highest BCUT2D eigenvalue weighted by molar-refractivity contribution is 6.14. The third kappa shape index (κ3) is 4.61. The molecule has 38 heavy (non-hydrogen) atoms. The van der Waals surface area contributed by atoms with Crippen LogP contribution >= 0.6 is 0 Å². The average molecular weight is 510 g/mol. The van der Waals surface area contributed by atoms with Crippen molar-refractivity contribution in [2.75, 3.05) is 21.3 Å². The lowest BCUT2D eigenvalue weighted by molar-refractivity contribution is 0.184. The number of rotatable bonds is 5. The molecule has 4 aromatic rings. The van der Waals surface area contributed by atoms with E-state index in [1.807, 2.05) is 73.1 Å². The molecule has 1 atom stereocenters. The number of ether oxygens (including phenoxy) is 2. The van der Waals surface area contributed by atoms with Crippen molar-refractivity contribution in [3.8, 4) is 28.4 Å². The summed E-state index contributed by atoms with van der Waals surface area (Å²) in [5, 5.41) is 13.9. The highest BCUT2D eigenvalue weighted by Gasteiger charge is 2.28. The minimum Gasteiger partial charge on any atom is -0.493 e. The summed E-state index contributed by atoms with van der Waals surface area (Å²) in [6, 6.07) is 23.8. The molecule has 0 aliphatic carbocycles. The third-order valence-electron chi connectivity index (χ3n) is 6.77. The molecule has 1 aliphatic rings. The van der Waals surface area contributed by atoms with Gasteiger partial charge in [-0.05, 0) is 56.2 Å². The van der Waals surface area contributed by atoms with Crippen molar-refractivity contribution in [2.45, 2.75) is 26.3 Å². The van der Waals surface area contributed by atoms with Crippen LogP contribution in [0.25, 0.3) is 16.9 Å². The Morgan fingerprint density at radius 1 is 0.947 bits per heavy atom. The SMILES string of the molecule is CNC(=O)N1N=C(c2ccc(-n3nc(-c4ccccc4)cc3C)cc2)c2cc(OC)c(OC)cc2CC1C. The van der Waals surface area contributed by atoms with Crippen molar-refractivity contribution in [1.82, 2.24) is 20.1 Å². The predicted molar refractivity (Wildman–Crippen MR) is 148 cm³/mol. The predicted octanol–water partition coefficient (Wildman–Crippen LogP) is 5.20. The van der Waals surface area contributed by atoms with Crippen LogP contribution in [0.1, 0.15) is 29.3 Å². The fraction of sp³-hybridized carbons (Fsp3) is 0.233. The molecule has 0 radical (unpaired) electrons. The van der Waals surface area contributed by atoms with E-state index in [1.54, 1.807) is 21.3 Å². The van der Waals surface area contributed by atoms with Crippen LogP contribution in [0.5, 0.6) is 11.5 Å². The summed E-state index contributed by atoms with van der Waals surface area (Å²) in [5.74, 6) is 1.25. The average Bonchev–Trinajstić information content (AvgIpc) is 3.28. The number of nitrogens with zero attached hydrogens (tertiary/aromatic N) is 4. The van der Waals surface area contributed by atoms with Crippen LogP contribution in [-0.2, 0) is 6.42 Å². The van der Waals surface area contributed by atoms with Crippen molar-refractivity contribution >= 4 is 11.7 Å². The molecule has 5 rings (SSSR count). The number of methoxy groups -OCH3 is 2. The van der Waals surface area contributed by atoms with Crippen LogP contribution in [0.2, 0.25) is 0 Å². The highest BCUT2D eigenvalue weighted by Crippen LogP contribution is 2.35. The summed E-state index contributed by atoms with van der Waals surface area (Å²) in [4.78, 5) is 12.7. The van der Waals surface area contributed by atoms with Gasteiger partial charge in [0, 0.05) is 29.4 Å². The number of hydrogen-bond acceptors (Lipinski definition) is 5. The van der Waals surface area contributed by atoms with Crippen LogP contribution < -0.4 is 14.8 Å². The molecule has 0 fully saturated rings. The zero-order chi connectivity index (χ0) is 26.8. The van der Waals surface area contributed by atoms with Gasteiger partial charge in [-0.25, -0.2) is 14.5 Å². The number of aryl methyl sites for hydroxylation is 1. The molecule has 1 aromatic heterocycles. The first-order chi connectivity index (χ1) is 18.4. The molecule has 0 spiro atoms. The molecular formula is C30H31N5O3. The molecule has 1 N–H and O–H groups in total. The molecule has 2 amide bonds. The van der Waals surface area contributed by atoms with Gasteiger partial charge in [-0.1, -0.05) is 42.5 Å². The van der Waals surface area contributed by atoms with Crippen LogP contribution in [0.4, 0.5) is 4.79 Å². The zero-order valence-corrected chi connectivity index (χ0v) is 22.2. The minimum atomic E-state index is -0.265. The normalized spacial score (nSPS) is 14.8. The molecule has 3 aromatic carbocycles. The Balaban J connectivity index is 1.58. The minimum absolute atomic E-state index is 0.160. The molecule has 0 saturated carbocycles. The Kier molecular flexibility index (Phi) is 6.87. The van der Waals surface area contributed by atoms with Gasteiger partial charge in [-0.2, -0.15) is 10.2 Å². The second kappa shape index (κ2) is 10.4. The van der Waals surface area contributed by atoms with E-state index >= 15 is 0 Å². The van der Waals surface area contributed by atoms with Crippen molar-refractivity contribution in [2.24, 2.45) is 5.10 Å². The number of carbonyl (C=O) groups is 1. The van der Waals surface area contributed by atoms with Gasteiger partial charge in [0.1, 0.15) is 0 Å². The topological polar surface area (TPSA) is 81.0 Å². The smallest absolute Gasteiger partial charge is 0.337 e. The maximum Gasteiger partial charge on any atom is 0.337 e. The number of hydrazone groups is 1. The van der Waals surface area contributed by atoms with E-state index in [2.05, 4.69) is 23.5 Å². The van der Waals surface area contributed by atoms with Crippen LogP contribution in [0.15, 0.2) is 77.9 Å². The Bertz CT molecular complexity index is 1490. The summed E-state index contributed by atoms with van der Waals surface area (Å²) in [6.45, 7) is 4.03. The van der Waals surface area contributed by atoms with Gasteiger partial charge in [-0.3, -0.25) is 0 Å². The fourth-order valence-corrected chi connectivity index (χ4v) is 4.79. The standard InChI is InChI=1S/C30H31N5O3/c1-19-15-23-17-27(37-4)28(38-5)18-25(23)29(33-35(19)30(36)31-3)22-11-13-24(14-12-22)34-20(2)16-26(32-34)21-9-7-6-8-10-21/h6-14,16-19H,15H2,1-5H3,(H,31,36). The summed E-state index contributed by atoms with van der Waals surface area (Å²) in [7, 11) is 4.84. The number of hydrogen-bond donors (Lipinski definition) is 1. The molecule has 2 heterocycles. The first-order valence-corrected chi connectivity index (χ1v) is 12.5. The van der Waals surface area contributed by atoms with Gasteiger partial charge < -0.3 is 14.8 Å². The molecule has 1 aliphatic heterocycles. The number of urea groups is 1. The zero-order valence-electron chi connectivity index (χ0n) is 22.2. The first-order valence-electron chi connectivity index (χ1n) is 12.5. The van der Waals surface area contributed by atoms with E-state index in [1.165, 1.54) is 5.01 Å². The Morgan fingerprint density at radius 2 is 1.63 bits per heavy atom. The van der Waals surface area contributed by atoms with E-state index in [0.717, 1.165) is 39.3 Å². The van der Waals surface area contributed by atoms with Crippen molar-refractivity contribution in [3.05, 3.63) is 95.2 Å². The van der Waals surface area contributed by atoms with E-state index < -0.39 is 0 Å². The van der Waals surface area contributed by atoms with Gasteiger partial charge >= 0.3 is 6.03 Å². The summed E-state index contributed by atoms with van der Waals surface area (Å²) in [6.07, 6.45) is 0.614. The number of benzene rings is 3. The summed E-state index contributed by atoms with van der Waals surface area (Å²) >= 11 is 0. The molecular weight excluding hydrogens is 478 g/mol. The fourth-order valence-electron chi connectivity index (χ4n) is 4.79. The summed E-state index contributed by atoms with van der Waals surface area (Å²) in [5.41, 5.74) is 7.45. The Hall–Kier alpha value is -4.59. The number of aromatic nitrogens is 2. The maximum absolute atomic E-state index is 12.7. The lowest BCUT2D eigenvalue weighted by Gasteiger charge is -2.22. The van der Waals surface area contributed by atoms with Crippen LogP contribution in [0.3, 0.4) is 0 Å². The first kappa shape index (κ1) is 25.1. The molecule has 1 unspecified atom stereocenters. The second-order valence-corrected chi connectivity index (χ2v) is 9.26. The highest BCUT2D eigenvalue weighted by atomic mass is 16.5. The van der Waals surface area contributed by atoms with Gasteiger partial charge in [0.05, 0.1) is 37.4 Å². The second-order valence-electron chi connectivity index (χ2n) is 9.26. The van der Waals surface area contributed by atoms with E-state index in [9.17, 15) is 4.79 Å². The van der Waals surface area contributed by atoms with Gasteiger partial charge in [0.25, 0.3) is 0 Å². The van der Waals surface area contributed by atoms with Gasteiger partial charge in [0.2, 0.25) is 0 Å². The number of carbonyl (C=O) groups excluding carboxylic acids is 1. The van der Waals surface area contributed by atoms with Crippen molar-refractivity contribution < 1.29 is 14.3 Å². The van der Waals surface area contributed by atoms with Crippen LogP contribution in [-0.4, -0.2) is 53.8 Å². The van der Waals surface area contributed by atoms with E-state index in [-0.39, 0.29) is 12.1 Å². The Morgan fingerprint density at radius 3 is 2.29 bits per heavy atom. The maximum atomic E-state index is 12.7. The van der Waals surface area contributed by atoms with Gasteiger partial charge in [-0.15, -0.1) is 0 Å². The molecule has 8 heteroatoms. The number of amides is 2. The van der Waals surface area contributed by atoms with Crippen LogP contribution in [0, 0.1) is 6.92 Å². The van der Waals surface area contributed by atoms with E-state index in [0.29, 0.717) is 23.6 Å². The van der Waals surface area contributed by atoms with Gasteiger partial charge in [0.15, 0.2) is 11.5 Å². The lowest BCUT2D eigenvalue weighted by Crippen LogP contribution is -2.41. The largest absolute Gasteiger partial charge is 0.493 e. The monoisotopic (exact) mass is 509 g/mol. The molecule has 194 valence electrons. The number of fused-ring (bicyclic) bond motifs is 1. The molecule has 0 bridgehead atoms. The lowest BCUT2D eigenvalue weighted by atomic mass is 9.94. The quantitative estimate of drug-likeness (QED) is 0.401. The Labute approximate surface area is 222 Å². The van der Waals surface area contributed by atoms with Crippen molar-refractivity contribution in [1.29, 1.82) is 0 Å². The third-order valence-corrected chi connectivity index (χ3v) is 6.77. The molecule has 0 saturated heterocycles. The summed E-state index contributed by atoms with van der Waals surface area (Å²) < 4.78 is 13.1. The van der Waals surface area contributed by atoms with Crippen molar-refractivity contribution in [3.63, 3.8) is 0 Å². The van der Waals surface area contributed by atoms with E-state index in [4.69, 9.17) is 19.7 Å². The molecule has 8 nitrogen and oxygen atoms in total. The number of nitrogens with one attached hydrogen (secondary N) is 1.